The largest absolute Gasteiger partial charge is 0.495 e. The van der Waals surface area contributed by atoms with E-state index < -0.39 is 15.9 Å². The van der Waals surface area contributed by atoms with Gasteiger partial charge in [0.15, 0.2) is 5.69 Å². The van der Waals surface area contributed by atoms with Crippen molar-refractivity contribution in [3.63, 3.8) is 0 Å². The molecule has 1 aromatic heterocycles. The number of sulfonamides is 1. The molecule has 0 atom stereocenters. The third-order valence-electron chi connectivity index (χ3n) is 2.48. The molecule has 1 fully saturated rings. The minimum Gasteiger partial charge on any atom is -0.495 e. The van der Waals surface area contributed by atoms with Crippen LogP contribution in [-0.2, 0) is 10.0 Å². The Morgan fingerprint density at radius 1 is 1.44 bits per heavy atom. The lowest BCUT2D eigenvalue weighted by molar-refractivity contribution is 0.0975. The summed E-state index contributed by atoms with van der Waals surface area (Å²) in [6.07, 6.45) is 2.95. The molecule has 1 N–H and O–H groups in total. The van der Waals surface area contributed by atoms with Gasteiger partial charge >= 0.3 is 0 Å². The van der Waals surface area contributed by atoms with Gasteiger partial charge in [0.1, 0.15) is 11.4 Å². The van der Waals surface area contributed by atoms with E-state index >= 15 is 0 Å². The zero-order valence-corrected chi connectivity index (χ0v) is 10.8. The zero-order valence-electron chi connectivity index (χ0n) is 10.0. The Balaban J connectivity index is 2.26. The summed E-state index contributed by atoms with van der Waals surface area (Å²) in [4.78, 5) is 11.6. The molecule has 1 heterocycles. The van der Waals surface area contributed by atoms with Gasteiger partial charge in [-0.2, -0.15) is 5.10 Å². The molecule has 1 saturated carbocycles. The molecule has 0 bridgehead atoms. The van der Waals surface area contributed by atoms with Crippen LogP contribution in [0.2, 0.25) is 0 Å². The Kier molecular flexibility index (Phi) is 3.20. The third-order valence-corrected chi connectivity index (χ3v) is 3.04. The lowest BCUT2D eigenvalue weighted by atomic mass is 10.2. The molecular formula is C10H13N3O4S. The average Bonchev–Trinajstić information content (AvgIpc) is 3.09. The number of aromatic nitrogens is 2. The highest BCUT2D eigenvalue weighted by atomic mass is 32.2. The van der Waals surface area contributed by atoms with E-state index in [9.17, 15) is 13.2 Å². The smallest absolute Gasteiger partial charge is 0.285 e. The number of hydrogen-bond donors (Lipinski definition) is 1. The molecule has 1 aromatic rings. The predicted molar refractivity (Wildman–Crippen MR) is 62.9 cm³/mol. The Morgan fingerprint density at radius 2 is 2.11 bits per heavy atom. The minimum absolute atomic E-state index is 0.0818. The van der Waals surface area contributed by atoms with Gasteiger partial charge in [0.2, 0.25) is 10.0 Å². The van der Waals surface area contributed by atoms with Crippen molar-refractivity contribution in [1.29, 1.82) is 0 Å². The molecule has 98 valence electrons. The zero-order chi connectivity index (χ0) is 13.3. The number of amides is 1. The fraction of sp³-hybridized carbons (Fsp3) is 0.500. The monoisotopic (exact) mass is 271 g/mol. The lowest BCUT2D eigenvalue weighted by Gasteiger charge is -2.07. The number of hydrogen-bond acceptors (Lipinski definition) is 6. The number of methoxy groups -OCH3 is 1. The van der Waals surface area contributed by atoms with Gasteiger partial charge in [0.05, 0.1) is 13.4 Å². The van der Waals surface area contributed by atoms with E-state index in [4.69, 9.17) is 4.74 Å². The van der Waals surface area contributed by atoms with E-state index in [1.54, 1.807) is 0 Å². The van der Waals surface area contributed by atoms with E-state index in [1.807, 2.05) is 4.72 Å². The molecule has 8 heteroatoms. The summed E-state index contributed by atoms with van der Waals surface area (Å²) in [7, 11) is -2.14. The van der Waals surface area contributed by atoms with Gasteiger partial charge < -0.3 is 4.74 Å². The minimum atomic E-state index is -3.61. The van der Waals surface area contributed by atoms with Crippen LogP contribution in [0.3, 0.4) is 0 Å². The summed E-state index contributed by atoms with van der Waals surface area (Å²) in [6, 6.07) is 1.40. The molecule has 7 nitrogen and oxygen atoms in total. The van der Waals surface area contributed by atoms with E-state index in [0.717, 1.165) is 19.1 Å². The van der Waals surface area contributed by atoms with Gasteiger partial charge in [-0.15, -0.1) is 5.10 Å². The van der Waals surface area contributed by atoms with Gasteiger partial charge in [-0.1, -0.05) is 0 Å². The van der Waals surface area contributed by atoms with Crippen LogP contribution in [0.5, 0.6) is 5.75 Å². The first kappa shape index (κ1) is 12.7. The van der Waals surface area contributed by atoms with Crippen molar-refractivity contribution in [3.8, 4) is 5.75 Å². The number of carbonyl (C=O) groups excluding carboxylic acids is 1. The van der Waals surface area contributed by atoms with Gasteiger partial charge in [-0.05, 0) is 12.8 Å². The molecule has 0 spiro atoms. The summed E-state index contributed by atoms with van der Waals surface area (Å²) in [5.41, 5.74) is 0.634. The number of carbonyl (C=O) groups is 1. The summed E-state index contributed by atoms with van der Waals surface area (Å²) in [6.45, 7) is 0. The Bertz CT molecular complexity index is 581. The number of nitrogens with one attached hydrogen (secondary N) is 1. The molecule has 0 radical (unpaired) electrons. The van der Waals surface area contributed by atoms with Crippen LogP contribution >= 0.6 is 0 Å². The van der Waals surface area contributed by atoms with Crippen LogP contribution in [0.1, 0.15) is 34.9 Å². The summed E-state index contributed by atoms with van der Waals surface area (Å²) >= 11 is 0. The summed E-state index contributed by atoms with van der Waals surface area (Å²) < 4.78 is 28.8. The van der Waals surface area contributed by atoms with Crippen molar-refractivity contribution in [1.82, 2.24) is 14.9 Å². The van der Waals surface area contributed by atoms with Crippen molar-refractivity contribution in [2.75, 3.05) is 13.4 Å². The molecule has 1 aliphatic carbocycles. The SMILES string of the molecule is COc1cc(C(=O)NS(C)(=O)=O)nnc1C1CC1. The maximum atomic E-state index is 11.6. The Hall–Kier alpha value is -1.70. The van der Waals surface area contributed by atoms with Crippen molar-refractivity contribution in [2.45, 2.75) is 18.8 Å². The molecule has 2 rings (SSSR count). The Labute approximate surface area is 105 Å². The van der Waals surface area contributed by atoms with E-state index in [-0.39, 0.29) is 5.69 Å². The van der Waals surface area contributed by atoms with Crippen LogP contribution in [0.25, 0.3) is 0 Å². The van der Waals surface area contributed by atoms with Gasteiger partial charge in [0.25, 0.3) is 5.91 Å². The average molecular weight is 271 g/mol. The Morgan fingerprint density at radius 3 is 2.61 bits per heavy atom. The second-order valence-electron chi connectivity index (χ2n) is 4.16. The molecule has 0 aromatic carbocycles. The molecule has 18 heavy (non-hydrogen) atoms. The van der Waals surface area contributed by atoms with Crippen molar-refractivity contribution in [2.24, 2.45) is 0 Å². The molecule has 1 amide bonds. The second kappa shape index (κ2) is 4.52. The molecule has 0 unspecified atom stereocenters. The molecule has 0 saturated heterocycles. The van der Waals surface area contributed by atoms with Gasteiger partial charge in [-0.25, -0.2) is 13.1 Å². The number of rotatable bonds is 4. The number of ether oxygens (including phenoxy) is 1. The first-order valence-corrected chi connectivity index (χ1v) is 7.23. The highest BCUT2D eigenvalue weighted by Crippen LogP contribution is 2.42. The van der Waals surface area contributed by atoms with E-state index in [0.29, 0.717) is 17.4 Å². The number of nitrogens with zero attached hydrogens (tertiary/aromatic N) is 2. The quantitative estimate of drug-likeness (QED) is 0.831. The van der Waals surface area contributed by atoms with Crippen molar-refractivity contribution >= 4 is 15.9 Å². The summed E-state index contributed by atoms with van der Waals surface area (Å²) in [5.74, 6) is -0.0173. The molecular weight excluding hydrogens is 258 g/mol. The van der Waals surface area contributed by atoms with Gasteiger partial charge in [-0.3, -0.25) is 4.79 Å². The molecule has 1 aliphatic rings. The van der Waals surface area contributed by atoms with Crippen LogP contribution in [0.15, 0.2) is 6.07 Å². The van der Waals surface area contributed by atoms with Crippen LogP contribution in [0.4, 0.5) is 0 Å². The third kappa shape index (κ3) is 2.95. The van der Waals surface area contributed by atoms with Crippen LogP contribution < -0.4 is 9.46 Å². The maximum Gasteiger partial charge on any atom is 0.285 e. The van der Waals surface area contributed by atoms with Gasteiger partial charge in [0, 0.05) is 12.0 Å². The topological polar surface area (TPSA) is 98.2 Å². The predicted octanol–water partition coefficient (Wildman–Crippen LogP) is 0.0520. The maximum absolute atomic E-state index is 11.6. The first-order chi connectivity index (χ1) is 8.40. The van der Waals surface area contributed by atoms with Crippen molar-refractivity contribution in [3.05, 3.63) is 17.5 Å². The van der Waals surface area contributed by atoms with Crippen LogP contribution in [-0.4, -0.2) is 37.9 Å². The van der Waals surface area contributed by atoms with Crippen LogP contribution in [0, 0.1) is 0 Å². The van der Waals surface area contributed by atoms with E-state index in [2.05, 4.69) is 10.2 Å². The highest BCUT2D eigenvalue weighted by molar-refractivity contribution is 7.89. The van der Waals surface area contributed by atoms with Crippen molar-refractivity contribution < 1.29 is 17.9 Å². The summed E-state index contributed by atoms with van der Waals surface area (Å²) in [5, 5.41) is 7.66. The second-order valence-corrected chi connectivity index (χ2v) is 5.91. The van der Waals surface area contributed by atoms with E-state index in [1.165, 1.54) is 13.2 Å². The molecule has 0 aliphatic heterocycles. The lowest BCUT2D eigenvalue weighted by Crippen LogP contribution is -2.30. The fourth-order valence-electron chi connectivity index (χ4n) is 1.52. The first-order valence-electron chi connectivity index (χ1n) is 5.34. The standard InChI is InChI=1S/C10H13N3O4S/c1-17-8-5-7(10(14)13-18(2,15)16)11-12-9(8)6-3-4-6/h5-6H,3-4H2,1-2H3,(H,13,14). The normalized spacial score (nSPS) is 15.2. The highest BCUT2D eigenvalue weighted by Gasteiger charge is 2.29. The fourth-order valence-corrected chi connectivity index (χ4v) is 1.96.